The Morgan fingerprint density at radius 2 is 0.980 bits per heavy atom. The van der Waals surface area contributed by atoms with E-state index < -0.39 is 0 Å². The topological polar surface area (TPSA) is 30.7 Å². The Morgan fingerprint density at radius 1 is 0.420 bits per heavy atom. The maximum absolute atomic E-state index is 5.09. The van der Waals surface area contributed by atoms with E-state index in [0.29, 0.717) is 5.82 Å². The molecule has 0 saturated carbocycles. The van der Waals surface area contributed by atoms with Gasteiger partial charge in [0.15, 0.2) is 5.82 Å². The molecule has 234 valence electrons. The molecule has 0 amide bonds. The average Bonchev–Trinajstić information content (AvgIpc) is 3.74. The quantitative estimate of drug-likeness (QED) is 0.185. The average molecular weight is 656 g/mol. The van der Waals surface area contributed by atoms with Crippen LogP contribution in [-0.2, 0) is 0 Å². The summed E-state index contributed by atoms with van der Waals surface area (Å²) in [7, 11) is 0. The first kappa shape index (κ1) is 28.6. The zero-order valence-electron chi connectivity index (χ0n) is 27.0. The van der Waals surface area contributed by atoms with E-state index in [1.807, 2.05) is 35.6 Å². The lowest BCUT2D eigenvalue weighted by Crippen LogP contribution is -1.97. The van der Waals surface area contributed by atoms with Gasteiger partial charge in [-0.3, -0.25) is 0 Å². The Morgan fingerprint density at radius 3 is 1.68 bits per heavy atom. The predicted molar refractivity (Wildman–Crippen MR) is 211 cm³/mol. The van der Waals surface area contributed by atoms with Crippen molar-refractivity contribution in [1.29, 1.82) is 0 Å². The van der Waals surface area contributed by atoms with Gasteiger partial charge >= 0.3 is 0 Å². The Hall–Kier alpha value is -6.36. The minimum atomic E-state index is 0.716. The third-order valence-electron chi connectivity index (χ3n) is 9.61. The number of benzene rings is 7. The van der Waals surface area contributed by atoms with E-state index >= 15 is 0 Å². The molecule has 0 atom stereocenters. The largest absolute Gasteiger partial charge is 0.309 e. The van der Waals surface area contributed by atoms with Crippen molar-refractivity contribution in [2.45, 2.75) is 0 Å². The number of rotatable bonds is 5. The standard InChI is InChI=1S/C46H29N3S/c1-4-14-30(15-5-1)37-28-42-44(36-21-11-13-23-41(36)50-42)45-43(37)35-20-10-12-22-40(35)49(45)34-26-24-32(25-27-34)39-29-38(31-16-6-2-7-17-31)47-46(48-39)33-18-8-3-9-19-33/h1-29H. The van der Waals surface area contributed by atoms with Gasteiger partial charge in [0.2, 0.25) is 0 Å². The highest BCUT2D eigenvalue weighted by Gasteiger charge is 2.22. The second-order valence-electron chi connectivity index (χ2n) is 12.6. The van der Waals surface area contributed by atoms with Crippen LogP contribution in [-0.4, -0.2) is 14.5 Å². The highest BCUT2D eigenvalue weighted by Crippen LogP contribution is 2.47. The van der Waals surface area contributed by atoms with Crippen LogP contribution in [0.5, 0.6) is 0 Å². The molecule has 0 N–H and O–H groups in total. The third-order valence-corrected chi connectivity index (χ3v) is 10.7. The van der Waals surface area contributed by atoms with Crippen molar-refractivity contribution in [2.24, 2.45) is 0 Å². The first-order valence-electron chi connectivity index (χ1n) is 16.8. The Kier molecular flexibility index (Phi) is 6.68. The van der Waals surface area contributed by atoms with E-state index in [4.69, 9.17) is 9.97 Å². The van der Waals surface area contributed by atoms with E-state index in [9.17, 15) is 0 Å². The SMILES string of the molecule is c1ccc(-c2cc(-c3ccc(-n4c5ccccc5c5c(-c6ccccc6)cc6sc7ccccc7c6c54)cc3)nc(-c3ccccc3)n2)cc1. The number of hydrogen-bond donors (Lipinski definition) is 0. The molecule has 3 aromatic heterocycles. The predicted octanol–water partition coefficient (Wildman–Crippen LogP) is 12.6. The van der Waals surface area contributed by atoms with Gasteiger partial charge in [-0.15, -0.1) is 11.3 Å². The molecule has 50 heavy (non-hydrogen) atoms. The second-order valence-corrected chi connectivity index (χ2v) is 13.7. The van der Waals surface area contributed by atoms with Crippen molar-refractivity contribution in [3.05, 3.63) is 176 Å². The van der Waals surface area contributed by atoms with E-state index in [-0.39, 0.29) is 0 Å². The molecule has 3 heterocycles. The fraction of sp³-hybridized carbons (Fsp3) is 0. The van der Waals surface area contributed by atoms with Crippen molar-refractivity contribution < 1.29 is 0 Å². The molecule has 3 nitrogen and oxygen atoms in total. The minimum absolute atomic E-state index is 0.716. The lowest BCUT2D eigenvalue weighted by Gasteiger charge is -2.13. The van der Waals surface area contributed by atoms with Crippen LogP contribution >= 0.6 is 11.3 Å². The number of nitrogens with zero attached hydrogens (tertiary/aromatic N) is 3. The molecule has 0 saturated heterocycles. The molecule has 10 rings (SSSR count). The summed E-state index contributed by atoms with van der Waals surface area (Å²) in [5.41, 5.74) is 10.9. The smallest absolute Gasteiger partial charge is 0.160 e. The summed E-state index contributed by atoms with van der Waals surface area (Å²) in [6, 6.07) is 62.4. The van der Waals surface area contributed by atoms with E-state index in [1.165, 1.54) is 53.1 Å². The minimum Gasteiger partial charge on any atom is -0.309 e. The zero-order valence-corrected chi connectivity index (χ0v) is 27.8. The monoisotopic (exact) mass is 655 g/mol. The van der Waals surface area contributed by atoms with Gasteiger partial charge in [0, 0.05) is 53.3 Å². The number of para-hydroxylation sites is 1. The molecular weight excluding hydrogens is 627 g/mol. The summed E-state index contributed by atoms with van der Waals surface area (Å²) >= 11 is 1.87. The van der Waals surface area contributed by atoms with Crippen LogP contribution in [0.15, 0.2) is 176 Å². The van der Waals surface area contributed by atoms with Gasteiger partial charge in [0.05, 0.1) is 22.4 Å². The Balaban J connectivity index is 1.22. The van der Waals surface area contributed by atoms with Gasteiger partial charge in [-0.25, -0.2) is 9.97 Å². The summed E-state index contributed by atoms with van der Waals surface area (Å²) in [6.45, 7) is 0. The number of aromatic nitrogens is 3. The molecule has 10 aromatic rings. The van der Waals surface area contributed by atoms with Gasteiger partial charge in [-0.2, -0.15) is 0 Å². The summed E-state index contributed by atoms with van der Waals surface area (Å²) < 4.78 is 5.06. The highest BCUT2D eigenvalue weighted by atomic mass is 32.1. The van der Waals surface area contributed by atoms with Crippen LogP contribution in [0.3, 0.4) is 0 Å². The lowest BCUT2D eigenvalue weighted by molar-refractivity contribution is 1.17. The van der Waals surface area contributed by atoms with E-state index in [2.05, 4.69) is 156 Å². The summed E-state index contributed by atoms with van der Waals surface area (Å²) in [5, 5.41) is 5.12. The van der Waals surface area contributed by atoms with Gasteiger partial charge in [-0.05, 0) is 47.5 Å². The van der Waals surface area contributed by atoms with E-state index in [0.717, 1.165) is 33.8 Å². The van der Waals surface area contributed by atoms with Crippen LogP contribution in [0, 0.1) is 0 Å². The van der Waals surface area contributed by atoms with E-state index in [1.54, 1.807) is 0 Å². The molecule has 0 aliphatic carbocycles. The Bertz CT molecular complexity index is 2780. The van der Waals surface area contributed by atoms with Crippen LogP contribution in [0.25, 0.3) is 92.7 Å². The van der Waals surface area contributed by atoms with Gasteiger partial charge in [0.25, 0.3) is 0 Å². The zero-order chi connectivity index (χ0) is 33.0. The van der Waals surface area contributed by atoms with Crippen molar-refractivity contribution >= 4 is 53.3 Å². The van der Waals surface area contributed by atoms with Crippen LogP contribution in [0.4, 0.5) is 0 Å². The fourth-order valence-corrected chi connectivity index (χ4v) is 8.47. The molecule has 7 aromatic carbocycles. The molecule has 0 unspecified atom stereocenters. The normalized spacial score (nSPS) is 11.6. The van der Waals surface area contributed by atoms with Crippen molar-refractivity contribution in [1.82, 2.24) is 14.5 Å². The second kappa shape index (κ2) is 11.7. The highest BCUT2D eigenvalue weighted by molar-refractivity contribution is 7.26. The number of thiophene rings is 1. The number of hydrogen-bond acceptors (Lipinski definition) is 3. The van der Waals surface area contributed by atoms with Crippen LogP contribution < -0.4 is 0 Å². The molecule has 0 spiro atoms. The number of fused-ring (bicyclic) bond motifs is 7. The summed E-state index contributed by atoms with van der Waals surface area (Å²) in [4.78, 5) is 10.1. The maximum atomic E-state index is 5.09. The summed E-state index contributed by atoms with van der Waals surface area (Å²) in [6.07, 6.45) is 0. The first-order valence-corrected chi connectivity index (χ1v) is 17.7. The molecule has 0 aliphatic heterocycles. The molecule has 0 fully saturated rings. The van der Waals surface area contributed by atoms with Crippen molar-refractivity contribution in [3.63, 3.8) is 0 Å². The molecule has 4 heteroatoms. The fourth-order valence-electron chi connectivity index (χ4n) is 7.33. The van der Waals surface area contributed by atoms with Gasteiger partial charge in [0.1, 0.15) is 0 Å². The van der Waals surface area contributed by atoms with Crippen molar-refractivity contribution in [3.8, 4) is 50.7 Å². The molecule has 0 radical (unpaired) electrons. The summed E-state index contributed by atoms with van der Waals surface area (Å²) in [5.74, 6) is 0.716. The molecule has 0 aliphatic rings. The third kappa shape index (κ3) is 4.65. The molecule has 0 bridgehead atoms. The first-order chi connectivity index (χ1) is 24.8. The van der Waals surface area contributed by atoms with Gasteiger partial charge in [-0.1, -0.05) is 140 Å². The Labute approximate surface area is 293 Å². The van der Waals surface area contributed by atoms with Crippen molar-refractivity contribution in [2.75, 3.05) is 0 Å². The lowest BCUT2D eigenvalue weighted by atomic mass is 9.97. The molecular formula is C46H29N3S. The van der Waals surface area contributed by atoms with Gasteiger partial charge < -0.3 is 4.57 Å². The van der Waals surface area contributed by atoms with Crippen LogP contribution in [0.1, 0.15) is 0 Å². The van der Waals surface area contributed by atoms with Crippen LogP contribution in [0.2, 0.25) is 0 Å². The maximum Gasteiger partial charge on any atom is 0.160 e.